The van der Waals surface area contributed by atoms with E-state index in [1.165, 1.54) is 0 Å². The molecule has 2 atom stereocenters. The van der Waals surface area contributed by atoms with Crippen LogP contribution in [0.3, 0.4) is 0 Å². The molecule has 0 aromatic carbocycles. The Labute approximate surface area is 108 Å². The molecule has 1 rings (SSSR count). The Kier molecular flexibility index (Phi) is 6.04. The van der Waals surface area contributed by atoms with E-state index in [1.54, 1.807) is 7.11 Å². The van der Waals surface area contributed by atoms with Crippen molar-refractivity contribution in [2.75, 3.05) is 31.8 Å². The first-order chi connectivity index (χ1) is 8.43. The first kappa shape index (κ1) is 15.4. The third kappa shape index (κ3) is 5.79. The molecule has 1 heterocycles. The molecule has 1 aliphatic heterocycles. The second kappa shape index (κ2) is 7.06. The lowest BCUT2D eigenvalue weighted by atomic mass is 10.2. The van der Waals surface area contributed by atoms with E-state index in [4.69, 9.17) is 4.74 Å². The van der Waals surface area contributed by atoms with Crippen LogP contribution in [-0.2, 0) is 19.4 Å². The minimum absolute atomic E-state index is 0.0395. The molecule has 6 nitrogen and oxygen atoms in total. The van der Waals surface area contributed by atoms with Crippen LogP contribution in [0.4, 0.5) is 0 Å². The monoisotopic (exact) mass is 278 g/mol. The molecule has 18 heavy (non-hydrogen) atoms. The number of nitrogens with one attached hydrogen (secondary N) is 2. The average Bonchev–Trinajstić information content (AvgIpc) is 2.24. The Morgan fingerprint density at radius 1 is 1.56 bits per heavy atom. The highest BCUT2D eigenvalue weighted by Crippen LogP contribution is 2.05. The Bertz CT molecular complexity index is 369. The summed E-state index contributed by atoms with van der Waals surface area (Å²) in [4.78, 5) is 11.7. The van der Waals surface area contributed by atoms with Gasteiger partial charge in [0.05, 0.1) is 11.5 Å². The van der Waals surface area contributed by atoms with Gasteiger partial charge in [0.1, 0.15) is 0 Å². The number of rotatable bonds is 6. The Balaban J connectivity index is 2.31. The number of amides is 1. The van der Waals surface area contributed by atoms with Crippen LogP contribution >= 0.6 is 0 Å². The van der Waals surface area contributed by atoms with Crippen molar-refractivity contribution in [3.8, 4) is 0 Å². The van der Waals surface area contributed by atoms with Gasteiger partial charge >= 0.3 is 0 Å². The summed E-state index contributed by atoms with van der Waals surface area (Å²) >= 11 is 0. The number of methoxy groups -OCH3 is 1. The van der Waals surface area contributed by atoms with Crippen molar-refractivity contribution in [3.63, 3.8) is 0 Å². The standard InChI is InChI=1S/C11H22N2O4S/c1-9(3-5-17-2)13-11(14)7-10-8-18(15,16)6-4-12-10/h9-10,12H,3-8H2,1-2H3,(H,13,14). The quantitative estimate of drug-likeness (QED) is 0.671. The molecule has 1 fully saturated rings. The van der Waals surface area contributed by atoms with Gasteiger partial charge in [-0.15, -0.1) is 0 Å². The van der Waals surface area contributed by atoms with Crippen molar-refractivity contribution in [1.29, 1.82) is 0 Å². The summed E-state index contributed by atoms with van der Waals surface area (Å²) in [5.74, 6) is 0.0931. The lowest BCUT2D eigenvalue weighted by molar-refractivity contribution is -0.122. The van der Waals surface area contributed by atoms with Gasteiger partial charge in [0, 0.05) is 38.8 Å². The molecule has 2 N–H and O–H groups in total. The molecule has 1 saturated heterocycles. The highest BCUT2D eigenvalue weighted by molar-refractivity contribution is 7.91. The first-order valence-corrected chi connectivity index (χ1v) is 7.97. The number of carbonyl (C=O) groups is 1. The maximum absolute atomic E-state index is 11.7. The van der Waals surface area contributed by atoms with Gasteiger partial charge in [-0.2, -0.15) is 0 Å². The highest BCUT2D eigenvalue weighted by atomic mass is 32.2. The maximum Gasteiger partial charge on any atom is 0.221 e. The van der Waals surface area contributed by atoms with Crippen LogP contribution in [0.15, 0.2) is 0 Å². The fourth-order valence-corrected chi connectivity index (χ4v) is 3.37. The normalized spacial score (nSPS) is 24.4. The minimum Gasteiger partial charge on any atom is -0.385 e. The summed E-state index contributed by atoms with van der Waals surface area (Å²) in [6.45, 7) is 2.93. The molecular formula is C11H22N2O4S. The molecule has 0 aromatic rings. The summed E-state index contributed by atoms with van der Waals surface area (Å²) in [7, 11) is -1.37. The Hall–Kier alpha value is -0.660. The van der Waals surface area contributed by atoms with E-state index >= 15 is 0 Å². The van der Waals surface area contributed by atoms with Crippen molar-refractivity contribution in [1.82, 2.24) is 10.6 Å². The second-order valence-corrected chi connectivity index (χ2v) is 6.95. The molecule has 2 unspecified atom stereocenters. The molecule has 1 amide bonds. The van der Waals surface area contributed by atoms with E-state index in [2.05, 4.69) is 10.6 Å². The third-order valence-electron chi connectivity index (χ3n) is 2.90. The van der Waals surface area contributed by atoms with E-state index < -0.39 is 9.84 Å². The number of hydrogen-bond acceptors (Lipinski definition) is 5. The van der Waals surface area contributed by atoms with Crippen LogP contribution in [0.5, 0.6) is 0 Å². The van der Waals surface area contributed by atoms with E-state index in [0.717, 1.165) is 6.42 Å². The summed E-state index contributed by atoms with van der Waals surface area (Å²) in [6.07, 6.45) is 0.954. The van der Waals surface area contributed by atoms with Gasteiger partial charge in [-0.3, -0.25) is 4.79 Å². The van der Waals surface area contributed by atoms with Crippen molar-refractivity contribution in [2.45, 2.75) is 31.8 Å². The SMILES string of the molecule is COCCC(C)NC(=O)CC1CS(=O)(=O)CCN1. The molecule has 0 radical (unpaired) electrons. The molecule has 106 valence electrons. The zero-order valence-corrected chi connectivity index (χ0v) is 11.8. The highest BCUT2D eigenvalue weighted by Gasteiger charge is 2.26. The van der Waals surface area contributed by atoms with E-state index in [0.29, 0.717) is 13.2 Å². The molecule has 7 heteroatoms. The van der Waals surface area contributed by atoms with Gasteiger partial charge in [0.15, 0.2) is 9.84 Å². The Morgan fingerprint density at radius 3 is 2.89 bits per heavy atom. The van der Waals surface area contributed by atoms with Crippen LogP contribution in [0.1, 0.15) is 19.8 Å². The Morgan fingerprint density at radius 2 is 2.28 bits per heavy atom. The summed E-state index contributed by atoms with van der Waals surface area (Å²) in [5.41, 5.74) is 0. The lowest BCUT2D eigenvalue weighted by Gasteiger charge is -2.24. The van der Waals surface area contributed by atoms with Gasteiger partial charge in [-0.1, -0.05) is 0 Å². The molecule has 0 spiro atoms. The molecular weight excluding hydrogens is 256 g/mol. The topological polar surface area (TPSA) is 84.5 Å². The summed E-state index contributed by atoms with van der Waals surface area (Å²) in [5, 5.41) is 5.89. The smallest absolute Gasteiger partial charge is 0.221 e. The minimum atomic E-state index is -2.98. The van der Waals surface area contributed by atoms with Crippen molar-refractivity contribution < 1.29 is 17.9 Å². The molecule has 0 saturated carbocycles. The number of hydrogen-bond donors (Lipinski definition) is 2. The second-order valence-electron chi connectivity index (χ2n) is 4.72. The van der Waals surface area contributed by atoms with Crippen LogP contribution in [0.25, 0.3) is 0 Å². The largest absolute Gasteiger partial charge is 0.385 e. The van der Waals surface area contributed by atoms with E-state index in [-0.39, 0.29) is 35.9 Å². The number of ether oxygens (including phenoxy) is 1. The van der Waals surface area contributed by atoms with Gasteiger partial charge < -0.3 is 15.4 Å². The van der Waals surface area contributed by atoms with Crippen molar-refractivity contribution >= 4 is 15.7 Å². The molecule has 0 aromatic heterocycles. The van der Waals surface area contributed by atoms with E-state index in [1.807, 2.05) is 6.92 Å². The third-order valence-corrected chi connectivity index (χ3v) is 4.63. The van der Waals surface area contributed by atoms with Gasteiger partial charge in [0.25, 0.3) is 0 Å². The summed E-state index contributed by atoms with van der Waals surface area (Å²) < 4.78 is 27.8. The van der Waals surface area contributed by atoms with Gasteiger partial charge in [-0.05, 0) is 13.3 Å². The number of carbonyl (C=O) groups excluding carboxylic acids is 1. The molecule has 1 aliphatic rings. The maximum atomic E-state index is 11.7. The van der Waals surface area contributed by atoms with Gasteiger partial charge in [0.2, 0.25) is 5.91 Å². The first-order valence-electron chi connectivity index (χ1n) is 6.15. The predicted octanol–water partition coefficient (Wildman–Crippen LogP) is -0.696. The van der Waals surface area contributed by atoms with Crippen molar-refractivity contribution in [2.24, 2.45) is 0 Å². The number of sulfone groups is 1. The molecule has 0 bridgehead atoms. The predicted molar refractivity (Wildman–Crippen MR) is 69.2 cm³/mol. The van der Waals surface area contributed by atoms with Crippen LogP contribution in [0.2, 0.25) is 0 Å². The van der Waals surface area contributed by atoms with Crippen LogP contribution < -0.4 is 10.6 Å². The van der Waals surface area contributed by atoms with Crippen molar-refractivity contribution in [3.05, 3.63) is 0 Å². The average molecular weight is 278 g/mol. The molecule has 0 aliphatic carbocycles. The zero-order chi connectivity index (χ0) is 13.6. The van der Waals surface area contributed by atoms with Crippen LogP contribution in [-0.4, -0.2) is 58.2 Å². The lowest BCUT2D eigenvalue weighted by Crippen LogP contribution is -2.48. The zero-order valence-electron chi connectivity index (χ0n) is 10.9. The van der Waals surface area contributed by atoms with Crippen LogP contribution in [0, 0.1) is 0 Å². The summed E-state index contributed by atoms with van der Waals surface area (Å²) in [6, 6.07) is -0.226. The van der Waals surface area contributed by atoms with Gasteiger partial charge in [-0.25, -0.2) is 8.42 Å². The fraction of sp³-hybridized carbons (Fsp3) is 0.909. The van der Waals surface area contributed by atoms with E-state index in [9.17, 15) is 13.2 Å². The fourth-order valence-electron chi connectivity index (χ4n) is 1.92.